The van der Waals surface area contributed by atoms with Crippen molar-refractivity contribution in [2.75, 3.05) is 5.88 Å². The molecule has 0 saturated carbocycles. The molecule has 0 aromatic carbocycles. The summed E-state index contributed by atoms with van der Waals surface area (Å²) in [6, 6.07) is 0. The molecule has 0 saturated heterocycles. The Hall–Kier alpha value is 0.0300. The van der Waals surface area contributed by atoms with E-state index in [1.165, 1.54) is 51.4 Å². The topological polar surface area (TPSA) is 0 Å². The maximum atomic E-state index is 5.58. The van der Waals surface area contributed by atoms with Gasteiger partial charge in [0, 0.05) is 5.88 Å². The van der Waals surface area contributed by atoms with Crippen LogP contribution in [0.3, 0.4) is 0 Å². The fraction of sp³-hybridized carbons (Fsp3) is 0.833. The lowest BCUT2D eigenvalue weighted by Gasteiger charge is -1.95. The predicted molar refractivity (Wildman–Crippen MR) is 62.5 cm³/mol. The Kier molecular flexibility index (Phi) is 12.1. The van der Waals surface area contributed by atoms with E-state index in [-0.39, 0.29) is 0 Å². The summed E-state index contributed by atoms with van der Waals surface area (Å²) in [5, 5.41) is 0. The summed E-state index contributed by atoms with van der Waals surface area (Å²) in [5.41, 5.74) is 0. The Bertz CT molecular complexity index is 108. The van der Waals surface area contributed by atoms with Crippen molar-refractivity contribution in [3.63, 3.8) is 0 Å². The average molecular weight is 203 g/mol. The maximum absolute atomic E-state index is 5.58. The molecule has 0 aromatic heterocycles. The third kappa shape index (κ3) is 12.0. The number of halogens is 1. The van der Waals surface area contributed by atoms with Crippen LogP contribution in [0.5, 0.6) is 0 Å². The number of unbranched alkanes of at least 4 members (excludes halogenated alkanes) is 6. The van der Waals surface area contributed by atoms with E-state index in [9.17, 15) is 0 Å². The van der Waals surface area contributed by atoms with Gasteiger partial charge in [-0.25, -0.2) is 0 Å². The van der Waals surface area contributed by atoms with E-state index in [1.807, 2.05) is 0 Å². The highest BCUT2D eigenvalue weighted by atomic mass is 35.5. The Morgan fingerprint density at radius 3 is 2.08 bits per heavy atom. The zero-order valence-electron chi connectivity index (χ0n) is 8.90. The van der Waals surface area contributed by atoms with Gasteiger partial charge in [-0.05, 0) is 25.7 Å². The lowest BCUT2D eigenvalue weighted by Crippen LogP contribution is -1.78. The largest absolute Gasteiger partial charge is 0.127 e. The molecule has 0 N–H and O–H groups in total. The maximum Gasteiger partial charge on any atom is 0.0223 e. The number of hydrogen-bond donors (Lipinski definition) is 0. The van der Waals surface area contributed by atoms with Gasteiger partial charge in [-0.3, -0.25) is 0 Å². The first-order valence-corrected chi connectivity index (χ1v) is 6.16. The monoisotopic (exact) mass is 202 g/mol. The van der Waals surface area contributed by atoms with Crippen LogP contribution in [0.1, 0.15) is 58.3 Å². The summed E-state index contributed by atoms with van der Waals surface area (Å²) < 4.78 is 0. The highest BCUT2D eigenvalue weighted by molar-refractivity contribution is 6.17. The van der Waals surface area contributed by atoms with Crippen LogP contribution in [0, 0.1) is 0 Å². The lowest BCUT2D eigenvalue weighted by molar-refractivity contribution is 0.675. The zero-order valence-corrected chi connectivity index (χ0v) is 9.65. The van der Waals surface area contributed by atoms with Gasteiger partial charge in [0.1, 0.15) is 0 Å². The van der Waals surface area contributed by atoms with Gasteiger partial charge in [0.15, 0.2) is 0 Å². The average Bonchev–Trinajstić information content (AvgIpc) is 2.16. The second-order valence-corrected chi connectivity index (χ2v) is 3.88. The standard InChI is InChI=1S/C12H23Cl/c1-2-3-4-5-6-7-8-9-10-11-12-13/h5-6H,2-4,7-12H2,1H3/b6-5-. The minimum atomic E-state index is 0.826. The first kappa shape index (κ1) is 13.0. The fourth-order valence-electron chi connectivity index (χ4n) is 1.27. The van der Waals surface area contributed by atoms with Crippen LogP contribution in [0.25, 0.3) is 0 Å². The second-order valence-electron chi connectivity index (χ2n) is 3.51. The van der Waals surface area contributed by atoms with Gasteiger partial charge in [0.25, 0.3) is 0 Å². The molecule has 0 rings (SSSR count). The van der Waals surface area contributed by atoms with Crippen molar-refractivity contribution in [2.45, 2.75) is 58.3 Å². The van der Waals surface area contributed by atoms with Crippen LogP contribution in [-0.4, -0.2) is 5.88 Å². The van der Waals surface area contributed by atoms with E-state index in [1.54, 1.807) is 0 Å². The second kappa shape index (κ2) is 12.0. The Balaban J connectivity index is 2.93. The Morgan fingerprint density at radius 2 is 1.46 bits per heavy atom. The smallest absolute Gasteiger partial charge is 0.0223 e. The molecule has 0 aromatic rings. The van der Waals surface area contributed by atoms with Crippen LogP contribution >= 0.6 is 11.6 Å². The first-order chi connectivity index (χ1) is 6.41. The predicted octanol–water partition coefficient (Wildman–Crippen LogP) is 4.92. The van der Waals surface area contributed by atoms with Crippen molar-refractivity contribution < 1.29 is 0 Å². The van der Waals surface area contributed by atoms with Gasteiger partial charge in [0.2, 0.25) is 0 Å². The molecule has 0 spiro atoms. The summed E-state index contributed by atoms with van der Waals surface area (Å²) >= 11 is 5.58. The summed E-state index contributed by atoms with van der Waals surface area (Å²) in [7, 11) is 0. The van der Waals surface area contributed by atoms with E-state index in [4.69, 9.17) is 11.6 Å². The summed E-state index contributed by atoms with van der Waals surface area (Å²) in [4.78, 5) is 0. The van der Waals surface area contributed by atoms with Gasteiger partial charge in [-0.15, -0.1) is 11.6 Å². The molecule has 0 heterocycles. The number of hydrogen-bond acceptors (Lipinski definition) is 0. The summed E-state index contributed by atoms with van der Waals surface area (Å²) in [6.45, 7) is 2.24. The van der Waals surface area contributed by atoms with Crippen molar-refractivity contribution in [3.8, 4) is 0 Å². The quantitative estimate of drug-likeness (QED) is 0.283. The third-order valence-corrected chi connectivity index (χ3v) is 2.41. The molecule has 0 amide bonds. The summed E-state index contributed by atoms with van der Waals surface area (Å²) in [5.74, 6) is 0.826. The van der Waals surface area contributed by atoms with Gasteiger partial charge >= 0.3 is 0 Å². The molecule has 13 heavy (non-hydrogen) atoms. The SMILES string of the molecule is CCCC/C=C\CCCCCCCl. The van der Waals surface area contributed by atoms with Crippen LogP contribution in [0.2, 0.25) is 0 Å². The Morgan fingerprint density at radius 1 is 0.846 bits per heavy atom. The number of alkyl halides is 1. The molecule has 1 heteroatoms. The van der Waals surface area contributed by atoms with Gasteiger partial charge in [0.05, 0.1) is 0 Å². The molecule has 0 radical (unpaired) electrons. The van der Waals surface area contributed by atoms with Crippen LogP contribution < -0.4 is 0 Å². The van der Waals surface area contributed by atoms with E-state index in [0.29, 0.717) is 0 Å². The van der Waals surface area contributed by atoms with E-state index in [0.717, 1.165) is 5.88 Å². The normalized spacial score (nSPS) is 11.2. The molecule has 0 aliphatic carbocycles. The molecule has 0 unspecified atom stereocenters. The van der Waals surface area contributed by atoms with Crippen molar-refractivity contribution in [1.29, 1.82) is 0 Å². The first-order valence-electron chi connectivity index (χ1n) is 5.62. The highest BCUT2D eigenvalue weighted by Crippen LogP contribution is 2.05. The van der Waals surface area contributed by atoms with Crippen molar-refractivity contribution in [2.24, 2.45) is 0 Å². The molecular weight excluding hydrogens is 180 g/mol. The van der Waals surface area contributed by atoms with Crippen molar-refractivity contribution in [3.05, 3.63) is 12.2 Å². The van der Waals surface area contributed by atoms with E-state index >= 15 is 0 Å². The van der Waals surface area contributed by atoms with Gasteiger partial charge in [-0.1, -0.05) is 44.8 Å². The molecular formula is C12H23Cl. The third-order valence-electron chi connectivity index (χ3n) is 2.15. The molecule has 0 nitrogen and oxygen atoms in total. The van der Waals surface area contributed by atoms with E-state index in [2.05, 4.69) is 19.1 Å². The summed E-state index contributed by atoms with van der Waals surface area (Å²) in [6.07, 6.45) is 15.0. The lowest BCUT2D eigenvalue weighted by atomic mass is 10.1. The van der Waals surface area contributed by atoms with Crippen molar-refractivity contribution >= 4 is 11.6 Å². The molecule has 0 bridgehead atoms. The molecule has 0 aliphatic rings. The van der Waals surface area contributed by atoms with Crippen LogP contribution in [0.15, 0.2) is 12.2 Å². The van der Waals surface area contributed by atoms with E-state index < -0.39 is 0 Å². The van der Waals surface area contributed by atoms with Crippen LogP contribution in [-0.2, 0) is 0 Å². The van der Waals surface area contributed by atoms with Crippen molar-refractivity contribution in [1.82, 2.24) is 0 Å². The Labute approximate surface area is 88.4 Å². The fourth-order valence-corrected chi connectivity index (χ4v) is 1.46. The van der Waals surface area contributed by atoms with Gasteiger partial charge < -0.3 is 0 Å². The molecule has 0 aliphatic heterocycles. The van der Waals surface area contributed by atoms with Gasteiger partial charge in [-0.2, -0.15) is 0 Å². The molecule has 0 atom stereocenters. The van der Waals surface area contributed by atoms with Crippen LogP contribution in [0.4, 0.5) is 0 Å². The number of allylic oxidation sites excluding steroid dienone is 2. The minimum Gasteiger partial charge on any atom is -0.127 e. The minimum absolute atomic E-state index is 0.826. The number of rotatable bonds is 9. The highest BCUT2D eigenvalue weighted by Gasteiger charge is 1.86. The zero-order chi connectivity index (χ0) is 9.78. The molecule has 0 fully saturated rings. The molecule has 78 valence electrons.